The molecule has 2 aliphatic rings. The molecule has 0 bridgehead atoms. The van der Waals surface area contributed by atoms with Gasteiger partial charge in [0.25, 0.3) is 0 Å². The van der Waals surface area contributed by atoms with Crippen LogP contribution in [0.15, 0.2) is 65.6 Å². The summed E-state index contributed by atoms with van der Waals surface area (Å²) in [5.41, 5.74) is 5.60. The fraction of sp³-hybridized carbons (Fsp3) is 0.321. The number of morpholine rings is 1. The summed E-state index contributed by atoms with van der Waals surface area (Å²) in [5, 5.41) is 8.47. The molecule has 39 heavy (non-hydrogen) atoms. The van der Waals surface area contributed by atoms with Gasteiger partial charge in [-0.05, 0) is 66.6 Å². The molecule has 3 aromatic rings. The van der Waals surface area contributed by atoms with E-state index in [-0.39, 0.29) is 29.1 Å². The molecule has 1 fully saturated rings. The number of anilines is 2. The van der Waals surface area contributed by atoms with E-state index >= 15 is 0 Å². The number of benzene rings is 3. The van der Waals surface area contributed by atoms with E-state index in [4.69, 9.17) is 16.3 Å². The molecule has 0 saturated carbocycles. The van der Waals surface area contributed by atoms with E-state index in [9.17, 15) is 13.2 Å². The second kappa shape index (κ2) is 12.6. The van der Waals surface area contributed by atoms with Crippen LogP contribution in [0.5, 0.6) is 0 Å². The normalized spacial score (nSPS) is 15.7. The average Bonchev–Trinajstić information content (AvgIpc) is 3.37. The summed E-state index contributed by atoms with van der Waals surface area (Å²) in [6.45, 7) is 6.67. The summed E-state index contributed by atoms with van der Waals surface area (Å²) in [4.78, 5) is 15.1. The highest BCUT2D eigenvalue weighted by atomic mass is 35.5. The maximum atomic E-state index is 13.0. The lowest BCUT2D eigenvalue weighted by molar-refractivity contribution is -0.676. The van der Waals surface area contributed by atoms with Crippen LogP contribution in [0.2, 0.25) is 5.02 Å². The standard InChI is InChI=1S/C28H31ClN4O4S.ClH/c1-19(26-15-24(6-9-27(26)29)33-10-12-37-13-11-33)31-28(34)32-23-4-7-25(8-5-23)38(35,36)18-20-2-3-21-16-30-17-22(21)14-20;/h2-9,14-15,19,30H,10-13,16-18H2,1H3,(H2,31,32,34);1H. The first-order chi connectivity index (χ1) is 18.3. The minimum Gasteiger partial charge on any atom is -1.00 e. The molecular formula is C28H32Cl2N4O4S. The van der Waals surface area contributed by atoms with Crippen molar-refractivity contribution in [2.75, 3.05) is 36.5 Å². The highest BCUT2D eigenvalue weighted by Crippen LogP contribution is 2.29. The summed E-state index contributed by atoms with van der Waals surface area (Å²) in [6.07, 6.45) is 0. The van der Waals surface area contributed by atoms with E-state index in [1.54, 1.807) is 12.1 Å². The molecular weight excluding hydrogens is 559 g/mol. The Morgan fingerprint density at radius 3 is 2.49 bits per heavy atom. The molecule has 2 heterocycles. The maximum Gasteiger partial charge on any atom is 0.319 e. The molecule has 5 rings (SSSR count). The number of rotatable bonds is 7. The monoisotopic (exact) mass is 590 g/mol. The SMILES string of the molecule is CC(NC(=O)Nc1ccc(S(=O)(=O)Cc2ccc3c(c2)C[NH2+]C3)cc1)c1cc(N2CCOCC2)ccc1Cl.[Cl-]. The minimum atomic E-state index is -3.51. The van der Waals surface area contributed by atoms with Gasteiger partial charge in [-0.3, -0.25) is 0 Å². The van der Waals surface area contributed by atoms with Crippen LogP contribution in [0.25, 0.3) is 0 Å². The highest BCUT2D eigenvalue weighted by Gasteiger charge is 2.20. The summed E-state index contributed by atoms with van der Waals surface area (Å²) < 4.78 is 31.4. The Bertz CT molecular complexity index is 1430. The van der Waals surface area contributed by atoms with Crippen molar-refractivity contribution in [3.05, 3.63) is 87.9 Å². The van der Waals surface area contributed by atoms with Gasteiger partial charge in [0.15, 0.2) is 9.84 Å². The number of amides is 2. The first-order valence-corrected chi connectivity index (χ1v) is 14.8. The van der Waals surface area contributed by atoms with Crippen LogP contribution in [0.3, 0.4) is 0 Å². The van der Waals surface area contributed by atoms with Crippen molar-refractivity contribution in [3.8, 4) is 0 Å². The highest BCUT2D eigenvalue weighted by molar-refractivity contribution is 7.90. The third-order valence-corrected chi connectivity index (χ3v) is 9.05. The number of hydrogen-bond acceptors (Lipinski definition) is 5. The van der Waals surface area contributed by atoms with Gasteiger partial charge >= 0.3 is 6.03 Å². The Balaban J connectivity index is 0.00000353. The van der Waals surface area contributed by atoms with E-state index in [1.165, 1.54) is 23.3 Å². The molecule has 0 radical (unpaired) electrons. The van der Waals surface area contributed by atoms with Crippen LogP contribution in [-0.2, 0) is 33.4 Å². The van der Waals surface area contributed by atoms with Crippen LogP contribution in [0.4, 0.5) is 16.2 Å². The number of halogens is 2. The first-order valence-electron chi connectivity index (χ1n) is 12.7. The number of nitrogens with two attached hydrogens (primary N) is 1. The quantitative estimate of drug-likeness (QED) is 0.374. The third kappa shape index (κ3) is 7.04. The zero-order valence-corrected chi connectivity index (χ0v) is 24.0. The number of hydrogen-bond donors (Lipinski definition) is 3. The Kier molecular flexibility index (Phi) is 9.40. The van der Waals surface area contributed by atoms with Gasteiger partial charge in [0.2, 0.25) is 0 Å². The van der Waals surface area contributed by atoms with Gasteiger partial charge in [0.05, 0.1) is 29.9 Å². The predicted octanol–water partition coefficient (Wildman–Crippen LogP) is 0.614. The molecule has 4 N–H and O–H groups in total. The number of fused-ring (bicyclic) bond motifs is 1. The summed E-state index contributed by atoms with van der Waals surface area (Å²) >= 11 is 6.45. The second-order valence-corrected chi connectivity index (χ2v) is 12.1. The molecule has 8 nitrogen and oxygen atoms in total. The van der Waals surface area contributed by atoms with Crippen LogP contribution >= 0.6 is 11.6 Å². The van der Waals surface area contributed by atoms with Gasteiger partial charge < -0.3 is 38.0 Å². The van der Waals surface area contributed by atoms with Gasteiger partial charge in [-0.2, -0.15) is 0 Å². The molecule has 3 aromatic carbocycles. The van der Waals surface area contributed by atoms with Gasteiger partial charge in [-0.15, -0.1) is 0 Å². The Labute approximate surface area is 240 Å². The number of carbonyl (C=O) groups excluding carboxylic acids is 1. The molecule has 0 spiro atoms. The zero-order valence-electron chi connectivity index (χ0n) is 21.6. The lowest BCUT2D eigenvalue weighted by Gasteiger charge is -2.30. The molecule has 1 unspecified atom stereocenters. The van der Waals surface area contributed by atoms with Crippen molar-refractivity contribution in [2.45, 2.75) is 36.7 Å². The van der Waals surface area contributed by atoms with Gasteiger partial charge in [0, 0.05) is 40.6 Å². The topological polar surface area (TPSA) is 104 Å². The fourth-order valence-corrected chi connectivity index (χ4v) is 6.53. The Morgan fingerprint density at radius 1 is 1.03 bits per heavy atom. The fourth-order valence-electron chi connectivity index (χ4n) is 4.91. The number of urea groups is 1. The van der Waals surface area contributed by atoms with E-state index < -0.39 is 15.9 Å². The molecule has 0 aliphatic carbocycles. The van der Waals surface area contributed by atoms with Crippen LogP contribution in [-0.4, -0.2) is 40.8 Å². The second-order valence-electron chi connectivity index (χ2n) is 9.71. The number of quaternary nitrogens is 1. The number of ether oxygens (including phenoxy) is 1. The van der Waals surface area contributed by atoms with Crippen molar-refractivity contribution in [3.63, 3.8) is 0 Å². The average molecular weight is 592 g/mol. The molecule has 1 saturated heterocycles. The van der Waals surface area contributed by atoms with Crippen LogP contribution < -0.4 is 33.3 Å². The first kappa shape index (κ1) is 29.2. The smallest absolute Gasteiger partial charge is 0.319 e. The lowest BCUT2D eigenvalue weighted by Crippen LogP contribution is -3.00. The molecule has 2 amide bonds. The molecule has 208 valence electrons. The van der Waals surface area contributed by atoms with Crippen molar-refractivity contribution in [1.29, 1.82) is 0 Å². The third-order valence-electron chi connectivity index (χ3n) is 7.00. The summed E-state index contributed by atoms with van der Waals surface area (Å²) in [5.74, 6) is -0.0602. The minimum absolute atomic E-state index is 0. The zero-order chi connectivity index (χ0) is 26.7. The molecule has 2 aliphatic heterocycles. The number of nitrogens with zero attached hydrogens (tertiary/aromatic N) is 1. The van der Waals surface area contributed by atoms with Crippen molar-refractivity contribution < 1.29 is 35.7 Å². The molecule has 1 atom stereocenters. The Hall–Kier alpha value is -2.82. The van der Waals surface area contributed by atoms with Crippen LogP contribution in [0, 0.1) is 0 Å². The summed E-state index contributed by atoms with van der Waals surface area (Å²) in [7, 11) is -3.51. The molecule has 0 aromatic heterocycles. The number of sulfone groups is 1. The van der Waals surface area contributed by atoms with Crippen molar-refractivity contribution >= 4 is 38.8 Å². The van der Waals surface area contributed by atoms with E-state index in [0.29, 0.717) is 23.9 Å². The molecule has 11 heteroatoms. The van der Waals surface area contributed by atoms with Crippen LogP contribution in [0.1, 0.15) is 35.2 Å². The van der Waals surface area contributed by atoms with Gasteiger partial charge in [-0.25, -0.2) is 13.2 Å². The van der Waals surface area contributed by atoms with Crippen molar-refractivity contribution in [1.82, 2.24) is 5.32 Å². The Morgan fingerprint density at radius 2 is 1.74 bits per heavy atom. The van der Waals surface area contributed by atoms with E-state index in [0.717, 1.165) is 43.0 Å². The van der Waals surface area contributed by atoms with E-state index in [2.05, 4.69) is 20.9 Å². The lowest BCUT2D eigenvalue weighted by atomic mass is 10.1. The predicted molar refractivity (Wildman–Crippen MR) is 148 cm³/mol. The summed E-state index contributed by atoms with van der Waals surface area (Å²) in [6, 6.07) is 17.2. The largest absolute Gasteiger partial charge is 1.00 e. The maximum absolute atomic E-state index is 13.0. The number of nitrogens with one attached hydrogen (secondary N) is 2. The van der Waals surface area contributed by atoms with Gasteiger partial charge in [0.1, 0.15) is 13.1 Å². The van der Waals surface area contributed by atoms with E-state index in [1.807, 2.05) is 43.3 Å². The number of carbonyl (C=O) groups is 1. The van der Waals surface area contributed by atoms with Crippen molar-refractivity contribution in [2.24, 2.45) is 0 Å². The van der Waals surface area contributed by atoms with Gasteiger partial charge in [-0.1, -0.05) is 23.7 Å².